The smallest absolute Gasteiger partial charge is 0.0793 e. The predicted molar refractivity (Wildman–Crippen MR) is 74.2 cm³/mol. The average molecular weight is 301 g/mol. The van der Waals surface area contributed by atoms with E-state index in [1.54, 1.807) is 7.11 Å². The summed E-state index contributed by atoms with van der Waals surface area (Å²) in [5.74, 6) is 0. The van der Waals surface area contributed by atoms with E-state index in [9.17, 15) is 5.11 Å². The molecule has 0 aromatic heterocycles. The Kier molecular flexibility index (Phi) is 5.17. The molecule has 0 saturated carbocycles. The summed E-state index contributed by atoms with van der Waals surface area (Å²) in [6, 6.07) is 5.97. The second kappa shape index (κ2) is 5.98. The molecule has 0 radical (unpaired) electrons. The first-order valence-electron chi connectivity index (χ1n) is 5.85. The molecule has 1 rings (SSSR count). The van der Waals surface area contributed by atoms with E-state index in [2.05, 4.69) is 15.9 Å². The summed E-state index contributed by atoms with van der Waals surface area (Å²) >= 11 is 3.43. The van der Waals surface area contributed by atoms with Gasteiger partial charge in [-0.3, -0.25) is 0 Å². The van der Waals surface area contributed by atoms with Crippen molar-refractivity contribution in [2.45, 2.75) is 45.3 Å². The van der Waals surface area contributed by atoms with Crippen molar-refractivity contribution in [1.29, 1.82) is 0 Å². The van der Waals surface area contributed by atoms with Crippen LogP contribution in [0, 0.1) is 6.92 Å². The molecule has 0 aliphatic rings. The highest BCUT2D eigenvalue weighted by atomic mass is 79.9. The number of methoxy groups -OCH3 is 1. The molecule has 3 heteroatoms. The summed E-state index contributed by atoms with van der Waals surface area (Å²) in [5, 5.41) is 10.2. The molecule has 0 amide bonds. The third-order valence-electron chi connectivity index (χ3n) is 3.16. The van der Waals surface area contributed by atoms with E-state index in [1.807, 2.05) is 39.0 Å². The summed E-state index contributed by atoms with van der Waals surface area (Å²) in [6.07, 6.45) is 1.13. The van der Waals surface area contributed by atoms with Gasteiger partial charge in [0.05, 0.1) is 11.7 Å². The first-order valence-corrected chi connectivity index (χ1v) is 6.64. The van der Waals surface area contributed by atoms with Crippen LogP contribution in [0.5, 0.6) is 0 Å². The van der Waals surface area contributed by atoms with E-state index < -0.39 is 6.10 Å². The molecule has 1 atom stereocenters. The van der Waals surface area contributed by atoms with Gasteiger partial charge in [-0.1, -0.05) is 22.0 Å². The van der Waals surface area contributed by atoms with Crippen molar-refractivity contribution in [2.24, 2.45) is 0 Å². The first-order chi connectivity index (χ1) is 7.85. The van der Waals surface area contributed by atoms with Gasteiger partial charge in [-0.2, -0.15) is 0 Å². The Morgan fingerprint density at radius 3 is 2.59 bits per heavy atom. The molecule has 0 saturated heterocycles. The third-order valence-corrected chi connectivity index (χ3v) is 3.66. The summed E-state index contributed by atoms with van der Waals surface area (Å²) in [5.41, 5.74) is 1.94. The van der Waals surface area contributed by atoms with Crippen LogP contribution in [-0.2, 0) is 4.74 Å². The molecule has 1 aromatic carbocycles. The Morgan fingerprint density at radius 1 is 1.41 bits per heavy atom. The number of aliphatic hydroxyl groups is 1. The summed E-state index contributed by atoms with van der Waals surface area (Å²) < 4.78 is 6.40. The summed E-state index contributed by atoms with van der Waals surface area (Å²) in [7, 11) is 1.71. The van der Waals surface area contributed by atoms with Crippen LogP contribution in [0.2, 0.25) is 0 Å². The number of hydrogen-bond donors (Lipinski definition) is 1. The van der Waals surface area contributed by atoms with Crippen LogP contribution in [0.25, 0.3) is 0 Å². The SMILES string of the molecule is COC(C)(C)CCC(O)c1ccc(Br)cc1C. The second-order valence-corrected chi connectivity index (χ2v) is 5.93. The lowest BCUT2D eigenvalue weighted by Crippen LogP contribution is -2.23. The average Bonchev–Trinajstić information content (AvgIpc) is 2.26. The van der Waals surface area contributed by atoms with Crippen LogP contribution in [0.4, 0.5) is 0 Å². The normalized spacial score (nSPS) is 13.8. The fourth-order valence-electron chi connectivity index (χ4n) is 1.75. The van der Waals surface area contributed by atoms with E-state index in [4.69, 9.17) is 4.74 Å². The van der Waals surface area contributed by atoms with Crippen LogP contribution < -0.4 is 0 Å². The first kappa shape index (κ1) is 14.7. The van der Waals surface area contributed by atoms with Crippen molar-refractivity contribution in [2.75, 3.05) is 7.11 Å². The molecule has 0 bridgehead atoms. The van der Waals surface area contributed by atoms with Crippen molar-refractivity contribution < 1.29 is 9.84 Å². The van der Waals surface area contributed by atoms with Crippen LogP contribution in [0.3, 0.4) is 0 Å². The molecular formula is C14H21BrO2. The second-order valence-electron chi connectivity index (χ2n) is 5.02. The Hall–Kier alpha value is -0.380. The Morgan fingerprint density at radius 2 is 2.06 bits per heavy atom. The van der Waals surface area contributed by atoms with Gasteiger partial charge in [-0.15, -0.1) is 0 Å². The zero-order valence-corrected chi connectivity index (χ0v) is 12.5. The van der Waals surface area contributed by atoms with E-state index in [0.29, 0.717) is 6.42 Å². The molecule has 1 unspecified atom stereocenters. The molecule has 17 heavy (non-hydrogen) atoms. The maximum absolute atomic E-state index is 10.2. The van der Waals surface area contributed by atoms with Crippen LogP contribution in [0.15, 0.2) is 22.7 Å². The Bertz CT molecular complexity index is 374. The molecule has 1 aromatic rings. The van der Waals surface area contributed by atoms with Gasteiger partial charge in [0.25, 0.3) is 0 Å². The number of ether oxygens (including phenoxy) is 1. The number of rotatable bonds is 5. The zero-order chi connectivity index (χ0) is 13.1. The Labute approximate surface area is 112 Å². The van der Waals surface area contributed by atoms with Gasteiger partial charge in [0.15, 0.2) is 0 Å². The molecule has 0 fully saturated rings. The highest BCUT2D eigenvalue weighted by molar-refractivity contribution is 9.10. The fraction of sp³-hybridized carbons (Fsp3) is 0.571. The monoisotopic (exact) mass is 300 g/mol. The topological polar surface area (TPSA) is 29.5 Å². The molecule has 0 spiro atoms. The lowest BCUT2D eigenvalue weighted by molar-refractivity contribution is 0.00273. The molecule has 2 nitrogen and oxygen atoms in total. The summed E-state index contributed by atoms with van der Waals surface area (Å²) in [6.45, 7) is 6.09. The van der Waals surface area contributed by atoms with E-state index in [1.165, 1.54) is 0 Å². The fourth-order valence-corrected chi connectivity index (χ4v) is 2.23. The van der Waals surface area contributed by atoms with Gasteiger partial charge in [0.1, 0.15) is 0 Å². The number of aryl methyl sites for hydroxylation is 1. The van der Waals surface area contributed by atoms with Gasteiger partial charge in [-0.05, 0) is 56.9 Å². The van der Waals surface area contributed by atoms with Crippen molar-refractivity contribution in [3.63, 3.8) is 0 Å². The predicted octanol–water partition coefficient (Wildman–Crippen LogP) is 4.00. The lowest BCUT2D eigenvalue weighted by Gasteiger charge is -2.24. The van der Waals surface area contributed by atoms with Crippen LogP contribution in [-0.4, -0.2) is 17.8 Å². The maximum Gasteiger partial charge on any atom is 0.0793 e. The molecule has 0 heterocycles. The van der Waals surface area contributed by atoms with Gasteiger partial charge < -0.3 is 9.84 Å². The minimum absolute atomic E-state index is 0.176. The number of aliphatic hydroxyl groups excluding tert-OH is 1. The van der Waals surface area contributed by atoms with E-state index in [0.717, 1.165) is 22.0 Å². The van der Waals surface area contributed by atoms with Gasteiger partial charge in [0, 0.05) is 11.6 Å². The summed E-state index contributed by atoms with van der Waals surface area (Å²) in [4.78, 5) is 0. The highest BCUT2D eigenvalue weighted by Gasteiger charge is 2.19. The van der Waals surface area contributed by atoms with Gasteiger partial charge in [0.2, 0.25) is 0 Å². The molecule has 96 valence electrons. The number of halogens is 1. The quantitative estimate of drug-likeness (QED) is 0.891. The molecular weight excluding hydrogens is 280 g/mol. The van der Waals surface area contributed by atoms with Crippen molar-refractivity contribution in [3.8, 4) is 0 Å². The van der Waals surface area contributed by atoms with E-state index >= 15 is 0 Å². The van der Waals surface area contributed by atoms with Gasteiger partial charge >= 0.3 is 0 Å². The van der Waals surface area contributed by atoms with Crippen molar-refractivity contribution in [3.05, 3.63) is 33.8 Å². The maximum atomic E-state index is 10.2. The largest absolute Gasteiger partial charge is 0.388 e. The standard InChI is InChI=1S/C14H21BrO2/c1-10-9-11(15)5-6-12(10)13(16)7-8-14(2,3)17-4/h5-6,9,13,16H,7-8H2,1-4H3. The van der Waals surface area contributed by atoms with Crippen molar-refractivity contribution in [1.82, 2.24) is 0 Å². The minimum Gasteiger partial charge on any atom is -0.388 e. The zero-order valence-electron chi connectivity index (χ0n) is 11.0. The minimum atomic E-state index is -0.419. The number of hydrogen-bond acceptors (Lipinski definition) is 2. The van der Waals surface area contributed by atoms with Crippen LogP contribution in [0.1, 0.15) is 43.9 Å². The Balaban J connectivity index is 2.67. The highest BCUT2D eigenvalue weighted by Crippen LogP contribution is 2.27. The molecule has 0 aliphatic carbocycles. The molecule has 1 N–H and O–H groups in total. The molecule has 0 aliphatic heterocycles. The number of benzene rings is 1. The van der Waals surface area contributed by atoms with E-state index in [-0.39, 0.29) is 5.60 Å². The van der Waals surface area contributed by atoms with Crippen molar-refractivity contribution >= 4 is 15.9 Å². The van der Waals surface area contributed by atoms with Gasteiger partial charge in [-0.25, -0.2) is 0 Å². The lowest BCUT2D eigenvalue weighted by atomic mass is 9.94. The van der Waals surface area contributed by atoms with Crippen LogP contribution >= 0.6 is 15.9 Å². The third kappa shape index (κ3) is 4.41.